The summed E-state index contributed by atoms with van der Waals surface area (Å²) in [6.07, 6.45) is 2.52. The molecule has 2 aromatic carbocycles. The molecule has 0 aliphatic carbocycles. The summed E-state index contributed by atoms with van der Waals surface area (Å²) in [5.74, 6) is 0.583. The van der Waals surface area contributed by atoms with Crippen LogP contribution in [0.3, 0.4) is 0 Å². The minimum Gasteiger partial charge on any atom is -0.481 e. The number of anilines is 1. The summed E-state index contributed by atoms with van der Waals surface area (Å²) in [5.41, 5.74) is 3.26. The van der Waals surface area contributed by atoms with Crippen LogP contribution in [-0.2, 0) is 17.6 Å². The number of carbonyl (C=O) groups excluding carboxylic acids is 1. The predicted octanol–water partition coefficient (Wildman–Crippen LogP) is 4.61. The zero-order chi connectivity index (χ0) is 16.7. The first kappa shape index (κ1) is 17.1. The number of carbonyl (C=O) groups is 1. The third kappa shape index (κ3) is 4.85. The van der Waals surface area contributed by atoms with Crippen LogP contribution in [0.25, 0.3) is 0 Å². The van der Waals surface area contributed by atoms with Gasteiger partial charge in [-0.05, 0) is 49.1 Å². The fourth-order valence-corrected chi connectivity index (χ4v) is 2.47. The van der Waals surface area contributed by atoms with Gasteiger partial charge < -0.3 is 10.1 Å². The van der Waals surface area contributed by atoms with Crippen LogP contribution in [0.15, 0.2) is 48.5 Å². The lowest BCUT2D eigenvalue weighted by Crippen LogP contribution is -2.30. The number of benzene rings is 2. The third-order valence-electron chi connectivity index (χ3n) is 3.80. The molecule has 0 saturated heterocycles. The van der Waals surface area contributed by atoms with Crippen molar-refractivity contribution in [2.75, 3.05) is 5.32 Å². The van der Waals surface area contributed by atoms with Crippen LogP contribution in [0.5, 0.6) is 5.75 Å². The third-order valence-corrected chi connectivity index (χ3v) is 3.80. The van der Waals surface area contributed by atoms with E-state index in [4.69, 9.17) is 4.74 Å². The Balaban J connectivity index is 1.96. The summed E-state index contributed by atoms with van der Waals surface area (Å²) in [6, 6.07) is 15.8. The molecule has 122 valence electrons. The molecule has 23 heavy (non-hydrogen) atoms. The Morgan fingerprint density at radius 3 is 2.43 bits per heavy atom. The van der Waals surface area contributed by atoms with Crippen molar-refractivity contribution in [2.24, 2.45) is 0 Å². The second-order valence-corrected chi connectivity index (χ2v) is 5.65. The van der Waals surface area contributed by atoms with Crippen molar-refractivity contribution in [3.63, 3.8) is 0 Å². The maximum absolute atomic E-state index is 12.3. The zero-order valence-corrected chi connectivity index (χ0v) is 14.1. The number of amides is 1. The van der Waals surface area contributed by atoms with E-state index in [1.165, 1.54) is 5.56 Å². The number of para-hydroxylation sites is 1. The molecule has 0 spiro atoms. The maximum atomic E-state index is 12.3. The van der Waals surface area contributed by atoms with Gasteiger partial charge in [0.1, 0.15) is 5.75 Å². The van der Waals surface area contributed by atoms with E-state index in [0.717, 1.165) is 36.3 Å². The Labute approximate surface area is 138 Å². The Morgan fingerprint density at radius 1 is 1.09 bits per heavy atom. The summed E-state index contributed by atoms with van der Waals surface area (Å²) in [7, 11) is 0. The van der Waals surface area contributed by atoms with Crippen molar-refractivity contribution in [2.45, 2.75) is 46.1 Å². The first-order chi connectivity index (χ1) is 11.1. The van der Waals surface area contributed by atoms with Gasteiger partial charge in [0.25, 0.3) is 5.91 Å². The van der Waals surface area contributed by atoms with Gasteiger partial charge in [-0.2, -0.15) is 0 Å². The average molecular weight is 311 g/mol. The number of ether oxygens (including phenoxy) is 1. The molecule has 1 amide bonds. The maximum Gasteiger partial charge on any atom is 0.265 e. The van der Waals surface area contributed by atoms with Gasteiger partial charge in [0.15, 0.2) is 6.10 Å². The van der Waals surface area contributed by atoms with E-state index in [9.17, 15) is 4.79 Å². The van der Waals surface area contributed by atoms with Crippen LogP contribution in [0, 0.1) is 0 Å². The van der Waals surface area contributed by atoms with Gasteiger partial charge in [-0.1, -0.05) is 50.6 Å². The smallest absolute Gasteiger partial charge is 0.265 e. The zero-order valence-electron chi connectivity index (χ0n) is 14.1. The molecule has 0 fully saturated rings. The highest BCUT2D eigenvalue weighted by Crippen LogP contribution is 2.18. The number of hydrogen-bond acceptors (Lipinski definition) is 2. The predicted molar refractivity (Wildman–Crippen MR) is 95.0 cm³/mol. The van der Waals surface area contributed by atoms with Gasteiger partial charge >= 0.3 is 0 Å². The fourth-order valence-electron chi connectivity index (χ4n) is 2.47. The van der Waals surface area contributed by atoms with Gasteiger partial charge in [-0.25, -0.2) is 0 Å². The molecule has 3 nitrogen and oxygen atoms in total. The first-order valence-corrected chi connectivity index (χ1v) is 8.28. The molecule has 2 rings (SSSR count). The number of rotatable bonds is 7. The Hall–Kier alpha value is -2.29. The molecule has 0 aromatic heterocycles. The first-order valence-electron chi connectivity index (χ1n) is 8.28. The van der Waals surface area contributed by atoms with Gasteiger partial charge in [0.2, 0.25) is 0 Å². The summed E-state index contributed by atoms with van der Waals surface area (Å²) in [6.45, 7) is 6.00. The lowest BCUT2D eigenvalue weighted by Gasteiger charge is -2.16. The highest BCUT2D eigenvalue weighted by molar-refractivity contribution is 5.94. The number of aryl methyl sites for hydroxylation is 2. The monoisotopic (exact) mass is 311 g/mol. The molecule has 3 heteroatoms. The molecule has 0 aliphatic rings. The van der Waals surface area contributed by atoms with E-state index < -0.39 is 6.10 Å². The van der Waals surface area contributed by atoms with Crippen molar-refractivity contribution in [1.82, 2.24) is 0 Å². The van der Waals surface area contributed by atoms with Gasteiger partial charge in [0, 0.05) is 5.69 Å². The Morgan fingerprint density at radius 2 is 1.78 bits per heavy atom. The van der Waals surface area contributed by atoms with Crippen LogP contribution in [0.2, 0.25) is 0 Å². The van der Waals surface area contributed by atoms with E-state index in [2.05, 4.69) is 31.3 Å². The normalized spacial score (nSPS) is 11.8. The Bertz CT molecular complexity index is 634. The van der Waals surface area contributed by atoms with Crippen molar-refractivity contribution in [3.8, 4) is 5.75 Å². The largest absolute Gasteiger partial charge is 0.481 e. The van der Waals surface area contributed by atoms with E-state index in [0.29, 0.717) is 0 Å². The van der Waals surface area contributed by atoms with Crippen LogP contribution in [-0.4, -0.2) is 12.0 Å². The molecule has 0 bridgehead atoms. The Kier molecular flexibility index (Phi) is 6.21. The fraction of sp³-hybridized carbons (Fsp3) is 0.350. The van der Waals surface area contributed by atoms with Crippen LogP contribution in [0.4, 0.5) is 5.69 Å². The minimum absolute atomic E-state index is 0.136. The van der Waals surface area contributed by atoms with Crippen molar-refractivity contribution < 1.29 is 9.53 Å². The molecule has 1 unspecified atom stereocenters. The average Bonchev–Trinajstić information content (AvgIpc) is 2.57. The summed E-state index contributed by atoms with van der Waals surface area (Å²) < 4.78 is 5.74. The van der Waals surface area contributed by atoms with E-state index in [1.54, 1.807) is 6.92 Å². The van der Waals surface area contributed by atoms with E-state index in [-0.39, 0.29) is 5.91 Å². The van der Waals surface area contributed by atoms with Gasteiger partial charge in [-0.15, -0.1) is 0 Å². The van der Waals surface area contributed by atoms with Crippen LogP contribution >= 0.6 is 0 Å². The van der Waals surface area contributed by atoms with Crippen molar-refractivity contribution >= 4 is 11.6 Å². The topological polar surface area (TPSA) is 38.3 Å². The molecule has 1 atom stereocenters. The van der Waals surface area contributed by atoms with Crippen molar-refractivity contribution in [1.29, 1.82) is 0 Å². The second-order valence-electron chi connectivity index (χ2n) is 5.65. The highest BCUT2D eigenvalue weighted by atomic mass is 16.5. The minimum atomic E-state index is -0.545. The summed E-state index contributed by atoms with van der Waals surface area (Å²) in [5, 5.41) is 2.95. The lowest BCUT2D eigenvalue weighted by molar-refractivity contribution is -0.122. The number of hydrogen-bond donors (Lipinski definition) is 1. The standard InChI is InChI=1S/C20H25NO2/c1-4-8-16-11-13-18(14-12-16)23-15(3)20(22)21-19-10-7-6-9-17(19)5-2/h6-7,9-15H,4-5,8H2,1-3H3,(H,21,22). The van der Waals surface area contributed by atoms with Gasteiger partial charge in [0.05, 0.1) is 0 Å². The molecular weight excluding hydrogens is 286 g/mol. The molecule has 0 heterocycles. The molecule has 0 saturated carbocycles. The van der Waals surface area contributed by atoms with E-state index >= 15 is 0 Å². The second kappa shape index (κ2) is 8.37. The summed E-state index contributed by atoms with van der Waals surface area (Å²) >= 11 is 0. The van der Waals surface area contributed by atoms with Crippen molar-refractivity contribution in [3.05, 3.63) is 59.7 Å². The highest BCUT2D eigenvalue weighted by Gasteiger charge is 2.15. The number of nitrogens with one attached hydrogen (secondary N) is 1. The van der Waals surface area contributed by atoms with Crippen LogP contribution in [0.1, 0.15) is 38.3 Å². The molecular formula is C20H25NO2. The molecule has 0 radical (unpaired) electrons. The van der Waals surface area contributed by atoms with Crippen LogP contribution < -0.4 is 10.1 Å². The lowest BCUT2D eigenvalue weighted by atomic mass is 10.1. The molecule has 0 aliphatic heterocycles. The van der Waals surface area contributed by atoms with Gasteiger partial charge in [-0.3, -0.25) is 4.79 Å². The summed E-state index contributed by atoms with van der Waals surface area (Å²) in [4.78, 5) is 12.3. The molecule has 1 N–H and O–H groups in total. The van der Waals surface area contributed by atoms with E-state index in [1.807, 2.05) is 36.4 Å². The quantitative estimate of drug-likeness (QED) is 0.811. The molecule has 2 aromatic rings. The SMILES string of the molecule is CCCc1ccc(OC(C)C(=O)Nc2ccccc2CC)cc1.